The Morgan fingerprint density at radius 1 is 1.21 bits per heavy atom. The van der Waals surface area contributed by atoms with Gasteiger partial charge in [-0.25, -0.2) is 4.79 Å². The number of amides is 2. The van der Waals surface area contributed by atoms with Gasteiger partial charge < -0.3 is 0 Å². The molecule has 0 radical (unpaired) electrons. The van der Waals surface area contributed by atoms with Crippen LogP contribution in [0.25, 0.3) is 0 Å². The Morgan fingerprint density at radius 3 is 2.33 bits per heavy atom. The Hall–Kier alpha value is -0.330. The van der Waals surface area contributed by atoms with E-state index in [-0.39, 0.29) is 23.5 Å². The maximum Gasteiger partial charge on any atom is 0.350 e. The first-order valence-electron chi connectivity index (χ1n) is 7.66. The van der Waals surface area contributed by atoms with Gasteiger partial charge >= 0.3 is 6.03 Å². The van der Waals surface area contributed by atoms with Gasteiger partial charge in [0.2, 0.25) is 0 Å². The number of rotatable bonds is 3. The maximum atomic E-state index is 12.9. The lowest BCUT2D eigenvalue weighted by Crippen LogP contribution is -2.41. The molecule has 1 unspecified atom stereocenters. The van der Waals surface area contributed by atoms with E-state index >= 15 is 0 Å². The second-order valence-electron chi connectivity index (χ2n) is 7.10. The summed E-state index contributed by atoms with van der Waals surface area (Å²) >= 11 is 18.3. The van der Waals surface area contributed by atoms with Gasteiger partial charge in [0.15, 0.2) is 0 Å². The highest BCUT2D eigenvalue weighted by Gasteiger charge is 2.43. The minimum absolute atomic E-state index is 0.00839. The van der Waals surface area contributed by atoms with Gasteiger partial charge in [-0.15, -0.1) is 0 Å². The number of alkyl halides is 3. The predicted octanol–water partition coefficient (Wildman–Crippen LogP) is 5.69. The zero-order valence-corrected chi connectivity index (χ0v) is 17.4. The fourth-order valence-corrected chi connectivity index (χ4v) is 3.61. The van der Waals surface area contributed by atoms with Crippen LogP contribution in [0.4, 0.5) is 10.5 Å². The van der Waals surface area contributed by atoms with Crippen LogP contribution in [0.1, 0.15) is 40.2 Å². The van der Waals surface area contributed by atoms with Crippen LogP contribution < -0.4 is 10.3 Å². The van der Waals surface area contributed by atoms with Crippen molar-refractivity contribution in [3.63, 3.8) is 0 Å². The molecule has 1 aromatic carbocycles. The Bertz CT molecular complexity index is 613. The summed E-state index contributed by atoms with van der Waals surface area (Å²) in [5.41, 5.74) is 5.09. The van der Waals surface area contributed by atoms with Gasteiger partial charge in [-0.1, -0.05) is 81.6 Å². The predicted molar refractivity (Wildman–Crippen MR) is 104 cm³/mol. The van der Waals surface area contributed by atoms with Crippen molar-refractivity contribution in [2.75, 3.05) is 4.90 Å². The summed E-state index contributed by atoms with van der Waals surface area (Å²) in [5, 5.41) is 0. The molecule has 2 rings (SSSR count). The van der Waals surface area contributed by atoms with Gasteiger partial charge in [0.1, 0.15) is 6.17 Å². The smallest absolute Gasteiger partial charge is 0.275 e. The van der Waals surface area contributed by atoms with Crippen molar-refractivity contribution in [2.45, 2.75) is 49.3 Å². The third-order valence-electron chi connectivity index (χ3n) is 3.72. The summed E-state index contributed by atoms with van der Waals surface area (Å²) in [5.74, 6) is 0.174. The Balaban J connectivity index is 2.38. The highest BCUT2D eigenvalue weighted by atomic mass is 35.6. The van der Waals surface area contributed by atoms with E-state index in [4.69, 9.17) is 34.8 Å². The fraction of sp³-hybridized carbons (Fsp3) is 0.562. The first kappa shape index (κ1) is 20.0. The van der Waals surface area contributed by atoms with Crippen LogP contribution >= 0.6 is 46.8 Å². The van der Waals surface area contributed by atoms with Gasteiger partial charge in [-0.05, 0) is 29.0 Å². The quantitative estimate of drug-likeness (QED) is 0.513. The number of carbonyl (C=O) groups excluding carboxylic acids is 1. The molecule has 1 atom stereocenters. The zero-order chi connectivity index (χ0) is 18.3. The molecular formula is C16H22Cl3N3OS. The van der Waals surface area contributed by atoms with Crippen LogP contribution in [0, 0.1) is 5.92 Å². The maximum absolute atomic E-state index is 12.9. The molecule has 1 aliphatic rings. The Morgan fingerprint density at radius 2 is 1.83 bits per heavy atom. The van der Waals surface area contributed by atoms with Crippen molar-refractivity contribution in [3.05, 3.63) is 29.8 Å². The topological polar surface area (TPSA) is 35.6 Å². The number of nitrogens with zero attached hydrogens (tertiary/aromatic N) is 2. The van der Waals surface area contributed by atoms with Crippen LogP contribution in [-0.2, 0) is 5.41 Å². The highest BCUT2D eigenvalue weighted by molar-refractivity contribution is 8.03. The summed E-state index contributed by atoms with van der Waals surface area (Å²) in [6.45, 7) is 10.5. The molecule has 134 valence electrons. The van der Waals surface area contributed by atoms with Crippen molar-refractivity contribution in [2.24, 2.45) is 5.92 Å². The number of anilines is 1. The van der Waals surface area contributed by atoms with E-state index in [1.54, 1.807) is 4.90 Å². The first-order chi connectivity index (χ1) is 10.9. The first-order valence-corrected chi connectivity index (χ1v) is 9.57. The number of carbonyl (C=O) groups is 1. The van der Waals surface area contributed by atoms with Crippen molar-refractivity contribution in [1.29, 1.82) is 0 Å². The van der Waals surface area contributed by atoms with Crippen LogP contribution in [0.2, 0.25) is 0 Å². The average molecular weight is 411 g/mol. The van der Waals surface area contributed by atoms with E-state index in [0.717, 1.165) is 23.2 Å². The molecule has 8 heteroatoms. The lowest BCUT2D eigenvalue weighted by Gasteiger charge is -2.27. The van der Waals surface area contributed by atoms with Crippen molar-refractivity contribution < 1.29 is 4.79 Å². The van der Waals surface area contributed by atoms with Crippen LogP contribution in [0.15, 0.2) is 24.3 Å². The largest absolute Gasteiger partial charge is 0.350 e. The molecule has 0 aromatic heterocycles. The fourth-order valence-electron chi connectivity index (χ4n) is 2.46. The molecule has 1 heterocycles. The average Bonchev–Trinajstić information content (AvgIpc) is 2.73. The van der Waals surface area contributed by atoms with E-state index < -0.39 is 3.12 Å². The van der Waals surface area contributed by atoms with Crippen LogP contribution in [-0.4, -0.2) is 19.7 Å². The Labute approximate surface area is 162 Å². The van der Waals surface area contributed by atoms with Gasteiger partial charge in [0.05, 0.1) is 0 Å². The highest BCUT2D eigenvalue weighted by Crippen LogP contribution is 2.43. The molecule has 4 nitrogen and oxygen atoms in total. The minimum atomic E-state index is -1.62. The van der Waals surface area contributed by atoms with Gasteiger partial charge in [-0.3, -0.25) is 4.90 Å². The van der Waals surface area contributed by atoms with Gasteiger partial charge in [0, 0.05) is 17.6 Å². The van der Waals surface area contributed by atoms with Gasteiger partial charge in [0.25, 0.3) is 3.12 Å². The molecule has 24 heavy (non-hydrogen) atoms. The number of halogens is 3. The number of hydrogen-bond donors (Lipinski definition) is 1. The molecule has 0 aliphatic carbocycles. The second-order valence-corrected chi connectivity index (χ2v) is 11.2. The van der Waals surface area contributed by atoms with Crippen molar-refractivity contribution >= 4 is 58.5 Å². The summed E-state index contributed by atoms with van der Waals surface area (Å²) in [6.07, 6.45) is -0.215. The monoisotopic (exact) mass is 409 g/mol. The summed E-state index contributed by atoms with van der Waals surface area (Å²) in [7, 11) is 0. The van der Waals surface area contributed by atoms with Crippen molar-refractivity contribution in [1.82, 2.24) is 9.84 Å². The summed E-state index contributed by atoms with van der Waals surface area (Å²) < 4.78 is -0.325. The normalized spacial score (nSPS) is 19.5. The summed E-state index contributed by atoms with van der Waals surface area (Å²) in [6, 6.07) is 7.74. The standard InChI is InChI=1S/C16H22Cl3N3OS/c1-10(2)13-20-22(24-16(17,18)19)14(23)21(13)12-8-6-7-11(9-12)15(3,4)5/h6-10,13,20H,1-5H3. The molecule has 0 bridgehead atoms. The molecule has 1 N–H and O–H groups in total. The zero-order valence-electron chi connectivity index (χ0n) is 14.3. The number of urea groups is 1. The van der Waals surface area contributed by atoms with E-state index in [1.165, 1.54) is 4.41 Å². The molecule has 2 amide bonds. The second kappa shape index (κ2) is 7.12. The third-order valence-corrected chi connectivity index (χ3v) is 5.00. The summed E-state index contributed by atoms with van der Waals surface area (Å²) in [4.78, 5) is 14.6. The van der Waals surface area contributed by atoms with Gasteiger partial charge in [-0.2, -0.15) is 9.84 Å². The van der Waals surface area contributed by atoms with E-state index in [1.807, 2.05) is 32.0 Å². The van der Waals surface area contributed by atoms with E-state index in [0.29, 0.717) is 0 Å². The van der Waals surface area contributed by atoms with E-state index in [9.17, 15) is 4.79 Å². The SMILES string of the molecule is CC(C)C1NN(SC(Cl)(Cl)Cl)C(=O)N1c1cccc(C(C)(C)C)c1. The molecule has 1 fully saturated rings. The lowest BCUT2D eigenvalue weighted by atomic mass is 9.87. The molecule has 0 saturated carbocycles. The van der Waals surface area contributed by atoms with Crippen molar-refractivity contribution in [3.8, 4) is 0 Å². The number of nitrogens with one attached hydrogen (secondary N) is 1. The Kier molecular flexibility index (Phi) is 5.93. The minimum Gasteiger partial charge on any atom is -0.275 e. The number of hydrogen-bond acceptors (Lipinski definition) is 3. The molecule has 1 saturated heterocycles. The number of benzene rings is 1. The van der Waals surface area contributed by atoms with Crippen LogP contribution in [0.3, 0.4) is 0 Å². The molecule has 1 aromatic rings. The molecular weight excluding hydrogens is 389 g/mol. The molecule has 1 aliphatic heterocycles. The third kappa shape index (κ3) is 4.64. The number of hydrazine groups is 1. The van der Waals surface area contributed by atoms with Crippen LogP contribution in [0.5, 0.6) is 0 Å². The van der Waals surface area contributed by atoms with E-state index in [2.05, 4.69) is 32.3 Å². The molecule has 0 spiro atoms. The lowest BCUT2D eigenvalue weighted by molar-refractivity contribution is 0.235.